The average molecular weight is 416 g/mol. The predicted octanol–water partition coefficient (Wildman–Crippen LogP) is 4.58. The summed E-state index contributed by atoms with van der Waals surface area (Å²) < 4.78 is 5.97. The van der Waals surface area contributed by atoms with Crippen molar-refractivity contribution in [2.75, 3.05) is 6.61 Å². The molecule has 0 spiro atoms. The quantitative estimate of drug-likeness (QED) is 0.531. The molecule has 1 atom stereocenters. The van der Waals surface area contributed by atoms with Crippen LogP contribution in [0.15, 0.2) is 59.1 Å². The van der Waals surface area contributed by atoms with Crippen LogP contribution in [0.25, 0.3) is 6.08 Å². The maximum Gasteiger partial charge on any atom is 0.331 e. The molecule has 0 unspecified atom stereocenters. The third-order valence-electron chi connectivity index (χ3n) is 3.85. The summed E-state index contributed by atoms with van der Waals surface area (Å²) in [6.07, 6.45) is 3.72. The fourth-order valence-electron chi connectivity index (χ4n) is 2.38. The third kappa shape index (κ3) is 6.48. The average Bonchev–Trinajstić information content (AvgIpc) is 2.65. The van der Waals surface area contributed by atoms with E-state index >= 15 is 0 Å². The Bertz CT molecular complexity index is 767. The number of rotatable bonds is 7. The summed E-state index contributed by atoms with van der Waals surface area (Å²) >= 11 is 3.35. The van der Waals surface area contributed by atoms with Gasteiger partial charge >= 0.3 is 5.97 Å². The van der Waals surface area contributed by atoms with Gasteiger partial charge in [-0.2, -0.15) is 0 Å². The summed E-state index contributed by atoms with van der Waals surface area (Å²) in [5.41, 5.74) is 3.08. The molecule has 0 saturated carbocycles. The lowest BCUT2D eigenvalue weighted by atomic mass is 10.0. The summed E-state index contributed by atoms with van der Waals surface area (Å²) in [6, 6.07) is 15.4. The van der Waals surface area contributed by atoms with Crippen LogP contribution in [0.3, 0.4) is 0 Å². The van der Waals surface area contributed by atoms with E-state index < -0.39 is 5.97 Å². The van der Waals surface area contributed by atoms with Crippen molar-refractivity contribution in [2.45, 2.75) is 26.3 Å². The summed E-state index contributed by atoms with van der Waals surface area (Å²) in [5.74, 6) is -0.866. The van der Waals surface area contributed by atoms with E-state index in [-0.39, 0.29) is 18.6 Å². The minimum absolute atomic E-state index is 0.0971. The Morgan fingerprint density at radius 1 is 1.12 bits per heavy atom. The van der Waals surface area contributed by atoms with Crippen LogP contribution in [0.4, 0.5) is 0 Å². The van der Waals surface area contributed by atoms with Gasteiger partial charge < -0.3 is 10.1 Å². The van der Waals surface area contributed by atoms with Crippen LogP contribution in [0, 0.1) is 6.92 Å². The van der Waals surface area contributed by atoms with E-state index in [1.165, 1.54) is 11.6 Å². The lowest BCUT2D eigenvalue weighted by Gasteiger charge is -2.17. The van der Waals surface area contributed by atoms with Crippen LogP contribution in [0.1, 0.15) is 36.1 Å². The van der Waals surface area contributed by atoms with E-state index in [0.29, 0.717) is 0 Å². The van der Waals surface area contributed by atoms with Gasteiger partial charge in [-0.1, -0.05) is 64.8 Å². The Morgan fingerprint density at radius 2 is 1.77 bits per heavy atom. The predicted molar refractivity (Wildman–Crippen MR) is 106 cm³/mol. The van der Waals surface area contributed by atoms with Gasteiger partial charge in [0.1, 0.15) is 0 Å². The zero-order valence-corrected chi connectivity index (χ0v) is 16.5. The number of halogens is 1. The van der Waals surface area contributed by atoms with E-state index in [4.69, 9.17) is 4.74 Å². The number of amides is 1. The highest BCUT2D eigenvalue weighted by atomic mass is 79.9. The van der Waals surface area contributed by atoms with E-state index in [1.54, 1.807) is 6.08 Å². The largest absolute Gasteiger partial charge is 0.452 e. The van der Waals surface area contributed by atoms with Crippen LogP contribution in [0.2, 0.25) is 0 Å². The van der Waals surface area contributed by atoms with Crippen LogP contribution < -0.4 is 5.32 Å². The maximum absolute atomic E-state index is 12.1. The molecule has 0 saturated heterocycles. The molecule has 1 amide bonds. The second-order valence-corrected chi connectivity index (χ2v) is 6.85. The summed E-state index contributed by atoms with van der Waals surface area (Å²) in [4.78, 5) is 23.8. The Morgan fingerprint density at radius 3 is 2.38 bits per heavy atom. The molecule has 2 rings (SSSR count). The monoisotopic (exact) mass is 415 g/mol. The minimum atomic E-state index is -0.550. The van der Waals surface area contributed by atoms with Gasteiger partial charge in [-0.05, 0) is 42.7 Å². The minimum Gasteiger partial charge on any atom is -0.452 e. The van der Waals surface area contributed by atoms with Crippen molar-refractivity contribution in [1.82, 2.24) is 5.32 Å². The first-order chi connectivity index (χ1) is 12.5. The first-order valence-corrected chi connectivity index (χ1v) is 9.23. The molecule has 0 aliphatic rings. The van der Waals surface area contributed by atoms with E-state index in [0.717, 1.165) is 22.0 Å². The molecule has 0 aliphatic heterocycles. The second-order valence-electron chi connectivity index (χ2n) is 5.93. The highest BCUT2D eigenvalue weighted by Gasteiger charge is 2.13. The molecule has 0 heterocycles. The number of carbonyl (C=O) groups excluding carboxylic acids is 2. The van der Waals surface area contributed by atoms with Gasteiger partial charge in [-0.3, -0.25) is 4.79 Å². The first kappa shape index (κ1) is 19.9. The Labute approximate surface area is 162 Å². The number of hydrogen-bond donors (Lipinski definition) is 1. The standard InChI is InChI=1S/C21H22BrNO3/c1-3-19(17-9-4-15(2)5-10-17)23-20(24)14-26-21(25)13-8-16-6-11-18(22)12-7-16/h4-13,19H,3,14H2,1-2H3,(H,23,24)/b13-8+/t19-/m0/s1. The molecule has 1 N–H and O–H groups in total. The van der Waals surface area contributed by atoms with Gasteiger partial charge in [0.25, 0.3) is 5.91 Å². The van der Waals surface area contributed by atoms with Crippen LogP contribution >= 0.6 is 15.9 Å². The number of aryl methyl sites for hydroxylation is 1. The van der Waals surface area contributed by atoms with Crippen molar-refractivity contribution >= 4 is 33.9 Å². The topological polar surface area (TPSA) is 55.4 Å². The smallest absolute Gasteiger partial charge is 0.331 e. The molecular weight excluding hydrogens is 394 g/mol. The van der Waals surface area contributed by atoms with Crippen molar-refractivity contribution in [2.24, 2.45) is 0 Å². The Hall–Kier alpha value is -2.40. The van der Waals surface area contributed by atoms with Crippen LogP contribution in [0.5, 0.6) is 0 Å². The van der Waals surface area contributed by atoms with Gasteiger partial charge in [-0.25, -0.2) is 4.79 Å². The van der Waals surface area contributed by atoms with Crippen LogP contribution in [-0.4, -0.2) is 18.5 Å². The number of esters is 1. The molecule has 0 radical (unpaired) electrons. The number of benzene rings is 2. The lowest BCUT2D eigenvalue weighted by Crippen LogP contribution is -2.32. The molecular formula is C21H22BrNO3. The van der Waals surface area contributed by atoms with Gasteiger partial charge in [0.2, 0.25) is 0 Å². The molecule has 0 aliphatic carbocycles. The molecule has 136 valence electrons. The van der Waals surface area contributed by atoms with Gasteiger partial charge in [0, 0.05) is 10.5 Å². The van der Waals surface area contributed by atoms with Crippen molar-refractivity contribution in [1.29, 1.82) is 0 Å². The SMILES string of the molecule is CC[C@H](NC(=O)COC(=O)/C=C/c1ccc(Br)cc1)c1ccc(C)cc1. The Kier molecular flexibility index (Phi) is 7.60. The summed E-state index contributed by atoms with van der Waals surface area (Å²) in [5, 5.41) is 2.89. The van der Waals surface area contributed by atoms with Crippen molar-refractivity contribution in [3.63, 3.8) is 0 Å². The fraction of sp³-hybridized carbons (Fsp3) is 0.238. The second kappa shape index (κ2) is 9.92. The highest BCUT2D eigenvalue weighted by Crippen LogP contribution is 2.17. The summed E-state index contributed by atoms with van der Waals surface area (Å²) in [7, 11) is 0. The van der Waals surface area contributed by atoms with E-state index in [1.807, 2.05) is 62.4 Å². The van der Waals surface area contributed by atoms with E-state index in [9.17, 15) is 9.59 Å². The van der Waals surface area contributed by atoms with Gasteiger partial charge in [0.15, 0.2) is 6.61 Å². The number of carbonyl (C=O) groups is 2. The molecule has 2 aromatic carbocycles. The van der Waals surface area contributed by atoms with Crippen LogP contribution in [-0.2, 0) is 14.3 Å². The van der Waals surface area contributed by atoms with Crippen molar-refractivity contribution in [3.05, 3.63) is 75.8 Å². The summed E-state index contributed by atoms with van der Waals surface area (Å²) in [6.45, 7) is 3.72. The fourth-order valence-corrected chi connectivity index (χ4v) is 2.64. The molecule has 5 heteroatoms. The lowest BCUT2D eigenvalue weighted by molar-refractivity contribution is -0.144. The normalized spacial score (nSPS) is 12.0. The zero-order valence-electron chi connectivity index (χ0n) is 14.9. The Balaban J connectivity index is 1.82. The zero-order chi connectivity index (χ0) is 18.9. The molecule has 0 bridgehead atoms. The highest BCUT2D eigenvalue weighted by molar-refractivity contribution is 9.10. The number of nitrogens with one attached hydrogen (secondary N) is 1. The first-order valence-electron chi connectivity index (χ1n) is 8.44. The van der Waals surface area contributed by atoms with E-state index in [2.05, 4.69) is 21.2 Å². The maximum atomic E-state index is 12.1. The van der Waals surface area contributed by atoms with Crippen molar-refractivity contribution < 1.29 is 14.3 Å². The molecule has 0 aromatic heterocycles. The number of hydrogen-bond acceptors (Lipinski definition) is 3. The number of ether oxygens (including phenoxy) is 1. The molecule has 0 fully saturated rings. The van der Waals surface area contributed by atoms with Gasteiger partial charge in [0.05, 0.1) is 6.04 Å². The third-order valence-corrected chi connectivity index (χ3v) is 4.38. The molecule has 4 nitrogen and oxygen atoms in total. The van der Waals surface area contributed by atoms with Gasteiger partial charge in [-0.15, -0.1) is 0 Å². The molecule has 26 heavy (non-hydrogen) atoms. The van der Waals surface area contributed by atoms with Crippen molar-refractivity contribution in [3.8, 4) is 0 Å². The molecule has 2 aromatic rings.